The maximum Gasteiger partial charge on any atom is 0.157 e. The molecule has 0 N–H and O–H groups in total. The second kappa shape index (κ2) is 5.81. The monoisotopic (exact) mass is 320 g/mol. The van der Waals surface area contributed by atoms with Gasteiger partial charge in [0.1, 0.15) is 11.9 Å². The minimum absolute atomic E-state index is 0.681. The average molecular weight is 320 g/mol. The van der Waals surface area contributed by atoms with E-state index in [0.717, 1.165) is 55.0 Å². The molecule has 1 aromatic carbocycles. The Hall–Kier alpha value is -2.58. The largest absolute Gasteiger partial charge is 0.378 e. The lowest BCUT2D eigenvalue weighted by Gasteiger charge is -2.32. The highest BCUT2D eigenvalue weighted by atomic mass is 16.5. The number of pyridine rings is 1. The first-order chi connectivity index (χ1) is 11.8. The number of fused-ring (bicyclic) bond motifs is 3. The molecule has 0 aliphatic carbocycles. The van der Waals surface area contributed by atoms with Gasteiger partial charge in [0.2, 0.25) is 0 Å². The number of rotatable bonds is 2. The van der Waals surface area contributed by atoms with E-state index in [0.29, 0.717) is 5.56 Å². The number of nitriles is 1. The molecule has 5 nitrogen and oxygen atoms in total. The lowest BCUT2D eigenvalue weighted by molar-refractivity contribution is 0.122. The number of ether oxygens (including phenoxy) is 1. The van der Waals surface area contributed by atoms with Crippen LogP contribution in [-0.4, -0.2) is 35.7 Å². The molecule has 0 bridgehead atoms. The Morgan fingerprint density at radius 2 is 2.00 bits per heavy atom. The van der Waals surface area contributed by atoms with Crippen LogP contribution in [0.3, 0.4) is 0 Å². The van der Waals surface area contributed by atoms with Crippen molar-refractivity contribution in [1.82, 2.24) is 9.38 Å². The molecule has 1 aliphatic rings. The van der Waals surface area contributed by atoms with E-state index in [2.05, 4.69) is 28.4 Å². The van der Waals surface area contributed by atoms with Gasteiger partial charge in [0, 0.05) is 13.1 Å². The van der Waals surface area contributed by atoms with Crippen molar-refractivity contribution < 1.29 is 4.74 Å². The Kier molecular flexibility index (Phi) is 3.62. The SMILES string of the molecule is CCc1c(C)c(C#N)c2nc3ccccc3n2c1N1CCOCC1. The molecule has 122 valence electrons. The summed E-state index contributed by atoms with van der Waals surface area (Å²) in [7, 11) is 0. The van der Waals surface area contributed by atoms with Gasteiger partial charge in [-0.1, -0.05) is 19.1 Å². The van der Waals surface area contributed by atoms with E-state index in [1.54, 1.807) is 0 Å². The average Bonchev–Trinajstić information content (AvgIpc) is 3.00. The highest BCUT2D eigenvalue weighted by Crippen LogP contribution is 2.33. The van der Waals surface area contributed by atoms with Crippen LogP contribution in [0.1, 0.15) is 23.6 Å². The van der Waals surface area contributed by atoms with Crippen molar-refractivity contribution in [1.29, 1.82) is 5.26 Å². The third kappa shape index (κ3) is 2.07. The summed E-state index contributed by atoms with van der Waals surface area (Å²) in [5, 5.41) is 9.73. The summed E-state index contributed by atoms with van der Waals surface area (Å²) in [5.41, 5.74) is 5.69. The third-order valence-electron chi connectivity index (χ3n) is 4.87. The van der Waals surface area contributed by atoms with Crippen molar-refractivity contribution in [3.05, 3.63) is 41.0 Å². The highest BCUT2D eigenvalue weighted by Gasteiger charge is 2.24. The molecule has 0 amide bonds. The molecule has 0 radical (unpaired) electrons. The molecular formula is C19H20N4O. The molecule has 0 unspecified atom stereocenters. The van der Waals surface area contributed by atoms with Gasteiger partial charge in [0.15, 0.2) is 5.65 Å². The van der Waals surface area contributed by atoms with Crippen LogP contribution in [0.2, 0.25) is 0 Å². The van der Waals surface area contributed by atoms with Gasteiger partial charge in [-0.05, 0) is 36.6 Å². The molecule has 4 rings (SSSR count). The minimum Gasteiger partial charge on any atom is -0.378 e. The second-order valence-electron chi connectivity index (χ2n) is 6.13. The number of hydrogen-bond donors (Lipinski definition) is 0. The summed E-state index contributed by atoms with van der Waals surface area (Å²) in [5.74, 6) is 1.17. The topological polar surface area (TPSA) is 53.6 Å². The van der Waals surface area contributed by atoms with Crippen molar-refractivity contribution >= 4 is 22.5 Å². The van der Waals surface area contributed by atoms with Crippen LogP contribution >= 0.6 is 0 Å². The Morgan fingerprint density at radius 3 is 2.71 bits per heavy atom. The Balaban J connectivity index is 2.16. The van der Waals surface area contributed by atoms with Crippen molar-refractivity contribution in [2.75, 3.05) is 31.2 Å². The van der Waals surface area contributed by atoms with E-state index in [4.69, 9.17) is 9.72 Å². The molecule has 1 aliphatic heterocycles. The molecule has 5 heteroatoms. The zero-order valence-corrected chi connectivity index (χ0v) is 14.0. The number of nitrogens with zero attached hydrogens (tertiary/aromatic N) is 4. The molecule has 1 fully saturated rings. The van der Waals surface area contributed by atoms with Gasteiger partial charge in [0.25, 0.3) is 0 Å². The molecule has 3 aromatic rings. The molecule has 24 heavy (non-hydrogen) atoms. The van der Waals surface area contributed by atoms with E-state index in [1.165, 1.54) is 11.4 Å². The van der Waals surface area contributed by atoms with Crippen molar-refractivity contribution in [3.8, 4) is 6.07 Å². The van der Waals surface area contributed by atoms with Gasteiger partial charge >= 0.3 is 0 Å². The van der Waals surface area contributed by atoms with Crippen molar-refractivity contribution in [3.63, 3.8) is 0 Å². The Labute approximate surface area is 141 Å². The van der Waals surface area contributed by atoms with Gasteiger partial charge < -0.3 is 9.64 Å². The maximum absolute atomic E-state index is 9.73. The van der Waals surface area contributed by atoms with E-state index < -0.39 is 0 Å². The third-order valence-corrected chi connectivity index (χ3v) is 4.87. The summed E-state index contributed by atoms with van der Waals surface area (Å²) >= 11 is 0. The fourth-order valence-electron chi connectivity index (χ4n) is 3.69. The molecule has 0 saturated carbocycles. The standard InChI is InChI=1S/C19H20N4O/c1-3-14-13(2)15(12-20)18-21-16-6-4-5-7-17(16)23(18)19(14)22-8-10-24-11-9-22/h4-7H,3,8-11H2,1-2H3. The lowest BCUT2D eigenvalue weighted by Crippen LogP contribution is -2.38. The number of morpholine rings is 1. The first-order valence-corrected chi connectivity index (χ1v) is 8.41. The molecule has 3 heterocycles. The van der Waals surface area contributed by atoms with E-state index >= 15 is 0 Å². The number of anilines is 1. The predicted molar refractivity (Wildman–Crippen MR) is 94.6 cm³/mol. The van der Waals surface area contributed by atoms with E-state index in [-0.39, 0.29) is 0 Å². The van der Waals surface area contributed by atoms with Crippen LogP contribution in [0.15, 0.2) is 24.3 Å². The molecule has 0 atom stereocenters. The molecule has 0 spiro atoms. The van der Waals surface area contributed by atoms with Gasteiger partial charge in [-0.15, -0.1) is 0 Å². The van der Waals surface area contributed by atoms with Gasteiger partial charge in [-0.2, -0.15) is 5.26 Å². The summed E-state index contributed by atoms with van der Waals surface area (Å²) in [4.78, 5) is 7.13. The fourth-order valence-corrected chi connectivity index (χ4v) is 3.69. The van der Waals surface area contributed by atoms with Crippen molar-refractivity contribution in [2.24, 2.45) is 0 Å². The quantitative estimate of drug-likeness (QED) is 0.728. The highest BCUT2D eigenvalue weighted by molar-refractivity contribution is 5.86. The van der Waals surface area contributed by atoms with Crippen LogP contribution in [-0.2, 0) is 11.2 Å². The summed E-state index contributed by atoms with van der Waals surface area (Å²) in [6, 6.07) is 10.5. The van der Waals surface area contributed by atoms with Crippen LogP contribution in [0, 0.1) is 18.3 Å². The van der Waals surface area contributed by atoms with Crippen LogP contribution < -0.4 is 4.90 Å². The van der Waals surface area contributed by atoms with Crippen LogP contribution in [0.4, 0.5) is 5.82 Å². The predicted octanol–water partition coefficient (Wildman–Crippen LogP) is 3.07. The Morgan fingerprint density at radius 1 is 1.25 bits per heavy atom. The second-order valence-corrected chi connectivity index (χ2v) is 6.13. The summed E-state index contributed by atoms with van der Waals surface area (Å²) < 4.78 is 7.70. The summed E-state index contributed by atoms with van der Waals surface area (Å²) in [6.07, 6.45) is 0.885. The molecular weight excluding hydrogens is 300 g/mol. The van der Waals surface area contributed by atoms with Gasteiger partial charge in [-0.25, -0.2) is 4.98 Å². The minimum atomic E-state index is 0.681. The van der Waals surface area contributed by atoms with E-state index in [1.807, 2.05) is 25.1 Å². The zero-order chi connectivity index (χ0) is 16.7. The van der Waals surface area contributed by atoms with Gasteiger partial charge in [0.05, 0.1) is 29.8 Å². The Bertz CT molecular complexity index is 961. The summed E-state index contributed by atoms with van der Waals surface area (Å²) in [6.45, 7) is 7.38. The number of hydrogen-bond acceptors (Lipinski definition) is 4. The normalized spacial score (nSPS) is 15.1. The zero-order valence-electron chi connectivity index (χ0n) is 14.0. The number of benzene rings is 1. The van der Waals surface area contributed by atoms with Crippen LogP contribution in [0.25, 0.3) is 16.7 Å². The number of aromatic nitrogens is 2. The van der Waals surface area contributed by atoms with Crippen LogP contribution in [0.5, 0.6) is 0 Å². The molecule has 2 aromatic heterocycles. The van der Waals surface area contributed by atoms with Gasteiger partial charge in [-0.3, -0.25) is 4.40 Å². The smallest absolute Gasteiger partial charge is 0.157 e. The van der Waals surface area contributed by atoms with Crippen molar-refractivity contribution in [2.45, 2.75) is 20.3 Å². The molecule has 1 saturated heterocycles. The number of para-hydroxylation sites is 2. The lowest BCUT2D eigenvalue weighted by atomic mass is 10.0. The fraction of sp³-hybridized carbons (Fsp3) is 0.368. The first-order valence-electron chi connectivity index (χ1n) is 8.41. The van der Waals surface area contributed by atoms with E-state index in [9.17, 15) is 5.26 Å². The number of imidazole rings is 1. The maximum atomic E-state index is 9.73. The first kappa shape index (κ1) is 15.0.